The Morgan fingerprint density at radius 3 is 2.50 bits per heavy atom. The fourth-order valence-electron chi connectivity index (χ4n) is 4.01. The number of carbonyl (C=O) groups excluding carboxylic acids is 2. The van der Waals surface area contributed by atoms with Crippen LogP contribution >= 0.6 is 0 Å². The Morgan fingerprint density at radius 1 is 1.14 bits per heavy atom. The van der Waals surface area contributed by atoms with Crippen LogP contribution in [0.5, 0.6) is 0 Å². The number of rotatable bonds is 7. The van der Waals surface area contributed by atoms with Gasteiger partial charge in [0.2, 0.25) is 11.9 Å². The lowest BCUT2D eigenvalue weighted by atomic mass is 10.1. The van der Waals surface area contributed by atoms with Gasteiger partial charge in [-0.15, -0.1) is 0 Å². The fraction of sp³-hybridized carbons (Fsp3) is 0.370. The van der Waals surface area contributed by atoms with Crippen molar-refractivity contribution in [2.75, 3.05) is 25.0 Å². The standard InChI is InChI=1S/C27H32FN5O3/c1-27(2,3)31-26(35)32(16-22-10-7-15-36-22)18-24(34)30-25-29-23(19-8-5-4-6-9-19)17-33(25)21-13-11-20(28)12-14-21/h4-6,8-9,11-14,17,22H,7,10,15-16,18H2,1-3H3,(H,31,35)(H,29,30,34)/t22-/m0/s1. The molecule has 9 heteroatoms. The number of ether oxygens (including phenoxy) is 1. The Bertz CT molecular complexity index is 1180. The third-order valence-electron chi connectivity index (χ3n) is 5.68. The molecule has 4 rings (SSSR count). The average Bonchev–Trinajstić information content (AvgIpc) is 3.49. The van der Waals surface area contributed by atoms with Crippen LogP contribution in [0.2, 0.25) is 0 Å². The first-order valence-corrected chi connectivity index (χ1v) is 12.1. The van der Waals surface area contributed by atoms with Crippen LogP contribution in [0.4, 0.5) is 15.1 Å². The van der Waals surface area contributed by atoms with Gasteiger partial charge in [0, 0.05) is 36.1 Å². The number of nitrogens with zero attached hydrogens (tertiary/aromatic N) is 3. The summed E-state index contributed by atoms with van der Waals surface area (Å²) in [5.74, 6) is -0.480. The number of urea groups is 1. The quantitative estimate of drug-likeness (QED) is 0.503. The fourth-order valence-corrected chi connectivity index (χ4v) is 4.01. The van der Waals surface area contributed by atoms with Crippen LogP contribution in [0.1, 0.15) is 33.6 Å². The van der Waals surface area contributed by atoms with Crippen molar-refractivity contribution in [3.63, 3.8) is 0 Å². The molecule has 3 aromatic rings. The van der Waals surface area contributed by atoms with Crippen LogP contribution in [0, 0.1) is 5.82 Å². The Kier molecular flexibility index (Phi) is 7.69. The molecular formula is C27H32FN5O3. The molecule has 2 N–H and O–H groups in total. The molecule has 0 aliphatic carbocycles. The van der Waals surface area contributed by atoms with Crippen LogP contribution in [0.25, 0.3) is 16.9 Å². The number of nitrogens with one attached hydrogen (secondary N) is 2. The van der Waals surface area contributed by atoms with E-state index in [-0.39, 0.29) is 30.4 Å². The summed E-state index contributed by atoms with van der Waals surface area (Å²) in [7, 11) is 0. The molecule has 2 heterocycles. The summed E-state index contributed by atoms with van der Waals surface area (Å²) in [5.41, 5.74) is 1.71. The maximum absolute atomic E-state index is 13.5. The van der Waals surface area contributed by atoms with E-state index in [0.717, 1.165) is 18.4 Å². The predicted octanol–water partition coefficient (Wildman–Crippen LogP) is 4.61. The third-order valence-corrected chi connectivity index (χ3v) is 5.68. The van der Waals surface area contributed by atoms with Crippen molar-refractivity contribution in [2.24, 2.45) is 0 Å². The largest absolute Gasteiger partial charge is 0.376 e. The molecule has 1 aromatic heterocycles. The molecule has 190 valence electrons. The van der Waals surface area contributed by atoms with E-state index in [9.17, 15) is 14.0 Å². The van der Waals surface area contributed by atoms with Crippen LogP contribution in [0.15, 0.2) is 60.8 Å². The van der Waals surface area contributed by atoms with E-state index in [2.05, 4.69) is 15.6 Å². The van der Waals surface area contributed by atoms with Crippen molar-refractivity contribution in [2.45, 2.75) is 45.3 Å². The van der Waals surface area contributed by atoms with E-state index in [1.54, 1.807) is 22.9 Å². The molecule has 0 unspecified atom stereocenters. The van der Waals surface area contributed by atoms with Gasteiger partial charge >= 0.3 is 6.03 Å². The molecule has 1 fully saturated rings. The summed E-state index contributed by atoms with van der Waals surface area (Å²) >= 11 is 0. The molecule has 1 saturated heterocycles. The van der Waals surface area contributed by atoms with Gasteiger partial charge in [0.1, 0.15) is 12.4 Å². The smallest absolute Gasteiger partial charge is 0.318 e. The Morgan fingerprint density at radius 2 is 1.86 bits per heavy atom. The molecule has 36 heavy (non-hydrogen) atoms. The normalized spacial score (nSPS) is 15.5. The van der Waals surface area contributed by atoms with Crippen molar-refractivity contribution in [1.82, 2.24) is 19.8 Å². The first-order valence-electron chi connectivity index (χ1n) is 12.1. The number of hydrogen-bond acceptors (Lipinski definition) is 4. The molecular weight excluding hydrogens is 461 g/mol. The lowest BCUT2D eigenvalue weighted by Crippen LogP contribution is -2.52. The number of halogens is 1. The minimum absolute atomic E-state index is 0.102. The number of anilines is 1. The zero-order valence-corrected chi connectivity index (χ0v) is 20.8. The Hall–Kier alpha value is -3.72. The lowest BCUT2D eigenvalue weighted by molar-refractivity contribution is -0.117. The second kappa shape index (κ2) is 10.9. The van der Waals surface area contributed by atoms with Gasteiger partial charge < -0.3 is 15.0 Å². The zero-order chi connectivity index (χ0) is 25.7. The zero-order valence-electron chi connectivity index (χ0n) is 20.8. The van der Waals surface area contributed by atoms with Gasteiger partial charge in [-0.1, -0.05) is 30.3 Å². The van der Waals surface area contributed by atoms with Crippen LogP contribution in [-0.2, 0) is 9.53 Å². The van der Waals surface area contributed by atoms with Crippen molar-refractivity contribution in [3.8, 4) is 16.9 Å². The highest BCUT2D eigenvalue weighted by molar-refractivity contribution is 5.93. The van der Waals surface area contributed by atoms with Crippen LogP contribution in [0.3, 0.4) is 0 Å². The molecule has 0 radical (unpaired) electrons. The van der Waals surface area contributed by atoms with Gasteiger partial charge in [0.25, 0.3) is 0 Å². The van der Waals surface area contributed by atoms with E-state index in [4.69, 9.17) is 4.74 Å². The molecule has 3 amide bonds. The van der Waals surface area contributed by atoms with Crippen LogP contribution < -0.4 is 10.6 Å². The van der Waals surface area contributed by atoms with E-state index in [1.807, 2.05) is 51.1 Å². The number of imidazole rings is 1. The second-order valence-corrected chi connectivity index (χ2v) is 9.91. The molecule has 1 atom stereocenters. The molecule has 8 nitrogen and oxygen atoms in total. The topological polar surface area (TPSA) is 88.5 Å². The number of hydrogen-bond donors (Lipinski definition) is 2. The van der Waals surface area contributed by atoms with E-state index in [1.165, 1.54) is 17.0 Å². The van der Waals surface area contributed by atoms with Gasteiger partial charge in [0.15, 0.2) is 0 Å². The monoisotopic (exact) mass is 493 g/mol. The minimum atomic E-state index is -0.453. The maximum Gasteiger partial charge on any atom is 0.318 e. The summed E-state index contributed by atoms with van der Waals surface area (Å²) in [4.78, 5) is 32.2. The first kappa shape index (κ1) is 25.4. The lowest BCUT2D eigenvalue weighted by Gasteiger charge is -2.29. The summed E-state index contributed by atoms with van der Waals surface area (Å²) in [6.45, 7) is 6.47. The van der Waals surface area contributed by atoms with Gasteiger partial charge in [-0.25, -0.2) is 14.2 Å². The third kappa shape index (κ3) is 6.69. The molecule has 2 aromatic carbocycles. The summed E-state index contributed by atoms with van der Waals surface area (Å²) < 4.78 is 20.9. The molecule has 0 spiro atoms. The molecule has 1 aliphatic heterocycles. The molecule has 0 bridgehead atoms. The Balaban J connectivity index is 1.57. The van der Waals surface area contributed by atoms with Crippen molar-refractivity contribution in [3.05, 3.63) is 66.6 Å². The maximum atomic E-state index is 13.5. The van der Waals surface area contributed by atoms with Gasteiger partial charge in [-0.05, 0) is 57.9 Å². The van der Waals surface area contributed by atoms with E-state index in [0.29, 0.717) is 24.5 Å². The van der Waals surface area contributed by atoms with Crippen LogP contribution in [-0.4, -0.2) is 57.7 Å². The van der Waals surface area contributed by atoms with Gasteiger partial charge in [-0.2, -0.15) is 0 Å². The molecule has 0 saturated carbocycles. The van der Waals surface area contributed by atoms with Gasteiger partial charge in [0.05, 0.1) is 11.8 Å². The highest BCUT2D eigenvalue weighted by Crippen LogP contribution is 2.24. The van der Waals surface area contributed by atoms with Crippen molar-refractivity contribution >= 4 is 17.9 Å². The molecule has 1 aliphatic rings. The second-order valence-electron chi connectivity index (χ2n) is 9.91. The van der Waals surface area contributed by atoms with E-state index >= 15 is 0 Å². The Labute approximate surface area is 210 Å². The highest BCUT2D eigenvalue weighted by atomic mass is 19.1. The van der Waals surface area contributed by atoms with Crippen molar-refractivity contribution in [1.29, 1.82) is 0 Å². The average molecular weight is 494 g/mol. The SMILES string of the molecule is CC(C)(C)NC(=O)N(CC(=O)Nc1nc(-c2ccccc2)cn1-c1ccc(F)cc1)C[C@@H]1CCCO1. The first-order chi connectivity index (χ1) is 17.2. The minimum Gasteiger partial charge on any atom is -0.376 e. The summed E-state index contributed by atoms with van der Waals surface area (Å²) in [5, 5.41) is 5.77. The van der Waals surface area contributed by atoms with E-state index < -0.39 is 11.4 Å². The number of amides is 3. The highest BCUT2D eigenvalue weighted by Gasteiger charge is 2.27. The van der Waals surface area contributed by atoms with Gasteiger partial charge in [-0.3, -0.25) is 14.7 Å². The van der Waals surface area contributed by atoms with Crippen molar-refractivity contribution < 1.29 is 18.7 Å². The predicted molar refractivity (Wildman–Crippen MR) is 136 cm³/mol. The number of benzene rings is 2. The number of aromatic nitrogens is 2. The number of carbonyl (C=O) groups is 2. The summed E-state index contributed by atoms with van der Waals surface area (Å²) in [6, 6.07) is 15.2. The summed E-state index contributed by atoms with van der Waals surface area (Å²) in [6.07, 6.45) is 3.46.